The van der Waals surface area contributed by atoms with Gasteiger partial charge in [-0.1, -0.05) is 0 Å². The molecule has 0 amide bonds. The zero-order valence-corrected chi connectivity index (χ0v) is 11.7. The van der Waals surface area contributed by atoms with Crippen molar-refractivity contribution in [2.24, 2.45) is 0 Å². The minimum atomic E-state index is 0.304. The molecule has 0 radical (unpaired) electrons. The van der Waals surface area contributed by atoms with Gasteiger partial charge in [-0.25, -0.2) is 0 Å². The van der Waals surface area contributed by atoms with Gasteiger partial charge in [0.2, 0.25) is 0 Å². The van der Waals surface area contributed by atoms with Gasteiger partial charge in [-0.3, -0.25) is 4.90 Å². The molecule has 1 aromatic heterocycles. The zero-order valence-electron chi connectivity index (χ0n) is 11.7. The number of aromatic nitrogens is 3. The van der Waals surface area contributed by atoms with Gasteiger partial charge < -0.3 is 19.8 Å². The van der Waals surface area contributed by atoms with Gasteiger partial charge in [0.05, 0.1) is 13.2 Å². The minimum Gasteiger partial charge on any atom is -0.467 e. The number of fused-ring (bicyclic) bond motifs is 2. The summed E-state index contributed by atoms with van der Waals surface area (Å²) in [5.41, 5.74) is 8.88. The van der Waals surface area contributed by atoms with Crippen molar-refractivity contribution in [3.05, 3.63) is 35.4 Å². The lowest BCUT2D eigenvalue weighted by atomic mass is 10.1. The van der Waals surface area contributed by atoms with Crippen LogP contribution in [-0.4, -0.2) is 33.0 Å². The first-order chi connectivity index (χ1) is 10.3. The molecule has 0 saturated carbocycles. The first-order valence-corrected chi connectivity index (χ1v) is 7.00. The molecule has 2 aliphatic heterocycles. The van der Waals surface area contributed by atoms with Crippen molar-refractivity contribution in [2.75, 3.05) is 19.1 Å². The Morgan fingerprint density at radius 2 is 2.24 bits per heavy atom. The Balaban J connectivity index is 1.59. The summed E-state index contributed by atoms with van der Waals surface area (Å²) >= 11 is 0. The smallest absolute Gasteiger partial charge is 0.189 e. The highest BCUT2D eigenvalue weighted by Crippen LogP contribution is 2.32. The van der Waals surface area contributed by atoms with Crippen LogP contribution in [0.1, 0.15) is 17.0 Å². The highest BCUT2D eigenvalue weighted by Gasteiger charge is 2.21. The van der Waals surface area contributed by atoms with E-state index in [1.807, 2.05) is 12.1 Å². The monoisotopic (exact) mass is 287 g/mol. The standard InChI is InChI=1S/C14H17N5O2/c15-12-3-10(14-11(4-12)7-20-9-21-14)5-18-1-2-19-8-16-17-13(19)6-18/h3-4,8H,1-2,5-7,9,15H2. The fraction of sp³-hybridized carbons (Fsp3) is 0.429. The summed E-state index contributed by atoms with van der Waals surface area (Å²) in [6, 6.07) is 3.91. The van der Waals surface area contributed by atoms with Crippen molar-refractivity contribution in [1.82, 2.24) is 19.7 Å². The third-order valence-corrected chi connectivity index (χ3v) is 3.92. The van der Waals surface area contributed by atoms with Crippen molar-refractivity contribution in [1.29, 1.82) is 0 Å². The van der Waals surface area contributed by atoms with Crippen LogP contribution in [0.2, 0.25) is 0 Å². The first-order valence-electron chi connectivity index (χ1n) is 7.00. The Morgan fingerprint density at radius 3 is 3.19 bits per heavy atom. The Hall–Kier alpha value is -2.12. The molecule has 21 heavy (non-hydrogen) atoms. The number of nitrogens with zero attached hydrogens (tertiary/aromatic N) is 4. The molecule has 3 heterocycles. The van der Waals surface area contributed by atoms with Gasteiger partial charge in [-0.15, -0.1) is 10.2 Å². The van der Waals surface area contributed by atoms with E-state index in [4.69, 9.17) is 15.2 Å². The number of hydrogen-bond acceptors (Lipinski definition) is 6. The lowest BCUT2D eigenvalue weighted by molar-refractivity contribution is -0.0175. The fourth-order valence-corrected chi connectivity index (χ4v) is 2.94. The summed E-state index contributed by atoms with van der Waals surface area (Å²) in [6.07, 6.45) is 1.79. The van der Waals surface area contributed by atoms with E-state index in [1.165, 1.54) is 0 Å². The van der Waals surface area contributed by atoms with E-state index < -0.39 is 0 Å². The van der Waals surface area contributed by atoms with Gasteiger partial charge >= 0.3 is 0 Å². The number of rotatable bonds is 2. The van der Waals surface area contributed by atoms with E-state index in [-0.39, 0.29) is 0 Å². The van der Waals surface area contributed by atoms with Crippen LogP contribution in [0.3, 0.4) is 0 Å². The summed E-state index contributed by atoms with van der Waals surface area (Å²) in [5, 5.41) is 8.10. The summed E-state index contributed by atoms with van der Waals surface area (Å²) in [7, 11) is 0. The number of nitrogens with two attached hydrogens (primary N) is 1. The van der Waals surface area contributed by atoms with Gasteiger partial charge in [0, 0.05) is 36.4 Å². The van der Waals surface area contributed by atoms with Crippen LogP contribution in [0, 0.1) is 0 Å². The molecule has 1 aromatic carbocycles. The molecule has 4 rings (SSSR count). The molecular weight excluding hydrogens is 270 g/mol. The molecule has 0 fully saturated rings. The lowest BCUT2D eigenvalue weighted by Gasteiger charge is -2.29. The Bertz CT molecular complexity index is 669. The third kappa shape index (κ3) is 2.34. The van der Waals surface area contributed by atoms with Crippen LogP contribution in [0.4, 0.5) is 5.69 Å². The molecule has 110 valence electrons. The predicted octanol–water partition coefficient (Wildman–Crippen LogP) is 0.743. The van der Waals surface area contributed by atoms with Gasteiger partial charge in [0.25, 0.3) is 0 Å². The van der Waals surface area contributed by atoms with Crippen LogP contribution >= 0.6 is 0 Å². The normalized spacial score (nSPS) is 17.9. The second-order valence-corrected chi connectivity index (χ2v) is 5.43. The average Bonchev–Trinajstić information content (AvgIpc) is 2.94. The number of nitrogen functional groups attached to an aromatic ring is 1. The quantitative estimate of drug-likeness (QED) is 0.821. The van der Waals surface area contributed by atoms with Crippen molar-refractivity contribution in [3.8, 4) is 5.75 Å². The number of anilines is 1. The largest absolute Gasteiger partial charge is 0.467 e. The van der Waals surface area contributed by atoms with Crippen molar-refractivity contribution in [2.45, 2.75) is 26.2 Å². The summed E-state index contributed by atoms with van der Waals surface area (Å²) in [5.74, 6) is 1.92. The molecule has 0 aliphatic carbocycles. The maximum atomic E-state index is 5.99. The molecule has 0 bridgehead atoms. The number of benzene rings is 1. The van der Waals surface area contributed by atoms with Crippen LogP contribution < -0.4 is 10.5 Å². The molecule has 0 spiro atoms. The highest BCUT2D eigenvalue weighted by atomic mass is 16.7. The predicted molar refractivity (Wildman–Crippen MR) is 75.3 cm³/mol. The van der Waals surface area contributed by atoms with Gasteiger partial charge in [-0.05, 0) is 12.1 Å². The molecule has 0 atom stereocenters. The fourth-order valence-electron chi connectivity index (χ4n) is 2.94. The van der Waals surface area contributed by atoms with Crippen molar-refractivity contribution < 1.29 is 9.47 Å². The van der Waals surface area contributed by atoms with E-state index in [2.05, 4.69) is 19.7 Å². The zero-order chi connectivity index (χ0) is 14.2. The Labute approximate surface area is 122 Å². The van der Waals surface area contributed by atoms with Crippen LogP contribution in [0.5, 0.6) is 5.75 Å². The SMILES string of the molecule is Nc1cc2c(c(CN3CCn4cnnc4C3)c1)OCOC2. The van der Waals surface area contributed by atoms with Crippen LogP contribution in [0.15, 0.2) is 18.5 Å². The molecule has 7 nitrogen and oxygen atoms in total. The molecular formula is C14H17N5O2. The van der Waals surface area contributed by atoms with E-state index in [0.29, 0.717) is 13.4 Å². The first kappa shape index (κ1) is 12.6. The Morgan fingerprint density at radius 1 is 1.29 bits per heavy atom. The number of hydrogen-bond donors (Lipinski definition) is 1. The van der Waals surface area contributed by atoms with E-state index in [0.717, 1.165) is 54.6 Å². The topological polar surface area (TPSA) is 78.4 Å². The van der Waals surface area contributed by atoms with Gasteiger partial charge in [-0.2, -0.15) is 0 Å². The molecule has 2 aromatic rings. The van der Waals surface area contributed by atoms with Gasteiger partial charge in [0.15, 0.2) is 6.79 Å². The number of ether oxygens (including phenoxy) is 2. The lowest BCUT2D eigenvalue weighted by Crippen LogP contribution is -2.33. The van der Waals surface area contributed by atoms with E-state index in [9.17, 15) is 0 Å². The van der Waals surface area contributed by atoms with E-state index >= 15 is 0 Å². The summed E-state index contributed by atoms with van der Waals surface area (Å²) < 4.78 is 13.1. The molecule has 7 heteroatoms. The summed E-state index contributed by atoms with van der Waals surface area (Å²) in [4.78, 5) is 2.33. The van der Waals surface area contributed by atoms with Crippen LogP contribution in [0.25, 0.3) is 0 Å². The Kier molecular flexibility index (Phi) is 3.01. The molecule has 2 N–H and O–H groups in total. The van der Waals surface area contributed by atoms with E-state index in [1.54, 1.807) is 6.33 Å². The molecule has 0 saturated heterocycles. The second-order valence-electron chi connectivity index (χ2n) is 5.43. The molecule has 2 aliphatic rings. The molecule has 0 unspecified atom stereocenters. The minimum absolute atomic E-state index is 0.304. The van der Waals surface area contributed by atoms with Crippen LogP contribution in [-0.2, 0) is 31.0 Å². The van der Waals surface area contributed by atoms with Crippen molar-refractivity contribution in [3.63, 3.8) is 0 Å². The van der Waals surface area contributed by atoms with Crippen molar-refractivity contribution >= 4 is 5.69 Å². The third-order valence-electron chi connectivity index (χ3n) is 3.92. The second kappa shape index (κ2) is 5.01. The maximum absolute atomic E-state index is 5.99. The maximum Gasteiger partial charge on any atom is 0.189 e. The van der Waals surface area contributed by atoms with Gasteiger partial charge in [0.1, 0.15) is 17.9 Å². The highest BCUT2D eigenvalue weighted by molar-refractivity contribution is 5.53. The average molecular weight is 287 g/mol. The summed E-state index contributed by atoms with van der Waals surface area (Å²) in [6.45, 7) is 4.32.